The number of rotatable bonds is 3. The second kappa shape index (κ2) is 5.59. The smallest absolute Gasteiger partial charge is 0.226 e. The molecule has 1 aliphatic heterocycles. The maximum absolute atomic E-state index is 12.0. The molecule has 1 aromatic rings. The number of fused-ring (bicyclic) bond motifs is 1. The van der Waals surface area contributed by atoms with Crippen LogP contribution in [-0.2, 0) is 17.8 Å². The molecule has 1 unspecified atom stereocenters. The van der Waals surface area contributed by atoms with Crippen LogP contribution >= 0.6 is 11.3 Å². The van der Waals surface area contributed by atoms with Crippen molar-refractivity contribution < 1.29 is 4.79 Å². The lowest BCUT2D eigenvalue weighted by Gasteiger charge is -2.26. The van der Waals surface area contributed by atoms with Gasteiger partial charge in [0.05, 0.1) is 5.69 Å². The Hall–Kier alpha value is -0.940. The van der Waals surface area contributed by atoms with E-state index in [9.17, 15) is 4.79 Å². The van der Waals surface area contributed by atoms with E-state index in [-0.39, 0.29) is 11.3 Å². The van der Waals surface area contributed by atoms with E-state index in [1.54, 1.807) is 11.3 Å². The fourth-order valence-electron chi connectivity index (χ4n) is 1.93. The maximum atomic E-state index is 12.0. The van der Waals surface area contributed by atoms with Crippen LogP contribution in [0.15, 0.2) is 0 Å². The van der Waals surface area contributed by atoms with Crippen LogP contribution in [0, 0.1) is 11.3 Å². The highest BCUT2D eigenvalue weighted by atomic mass is 32.1. The van der Waals surface area contributed by atoms with E-state index in [4.69, 9.17) is 0 Å². The van der Waals surface area contributed by atoms with Crippen molar-refractivity contribution in [2.75, 3.05) is 11.9 Å². The van der Waals surface area contributed by atoms with E-state index in [1.165, 1.54) is 4.88 Å². The Morgan fingerprint density at radius 1 is 1.53 bits per heavy atom. The minimum absolute atomic E-state index is 0.0708. The minimum atomic E-state index is 0.0708. The summed E-state index contributed by atoms with van der Waals surface area (Å²) in [5.41, 5.74) is 1.30. The Kier molecular flexibility index (Phi) is 4.26. The Bertz CT molecular complexity index is 438. The zero-order valence-electron chi connectivity index (χ0n) is 12.2. The van der Waals surface area contributed by atoms with Crippen LogP contribution < -0.4 is 10.6 Å². The van der Waals surface area contributed by atoms with Gasteiger partial charge in [0.2, 0.25) is 5.91 Å². The second-order valence-electron chi connectivity index (χ2n) is 6.34. The highest BCUT2D eigenvalue weighted by molar-refractivity contribution is 7.15. The molecule has 2 heterocycles. The molecule has 5 heteroatoms. The summed E-state index contributed by atoms with van der Waals surface area (Å²) >= 11 is 1.59. The van der Waals surface area contributed by atoms with Gasteiger partial charge in [-0.2, -0.15) is 0 Å². The van der Waals surface area contributed by atoms with E-state index in [0.29, 0.717) is 12.3 Å². The molecule has 2 rings (SSSR count). The van der Waals surface area contributed by atoms with Crippen molar-refractivity contribution in [3.8, 4) is 0 Å². The van der Waals surface area contributed by atoms with Gasteiger partial charge in [0, 0.05) is 30.8 Å². The predicted molar refractivity (Wildman–Crippen MR) is 79.4 cm³/mol. The number of nitrogens with one attached hydrogen (secondary N) is 2. The molecule has 4 nitrogen and oxygen atoms in total. The van der Waals surface area contributed by atoms with Gasteiger partial charge in [-0.15, -0.1) is 11.3 Å². The van der Waals surface area contributed by atoms with Crippen LogP contribution in [-0.4, -0.2) is 17.4 Å². The first-order valence-corrected chi connectivity index (χ1v) is 7.67. The molecule has 0 saturated heterocycles. The zero-order valence-corrected chi connectivity index (χ0v) is 13.0. The van der Waals surface area contributed by atoms with Gasteiger partial charge in [-0.3, -0.25) is 4.79 Å². The summed E-state index contributed by atoms with van der Waals surface area (Å²) in [7, 11) is 0. The maximum Gasteiger partial charge on any atom is 0.226 e. The van der Waals surface area contributed by atoms with Gasteiger partial charge < -0.3 is 10.6 Å². The Labute approximate surface area is 119 Å². The number of anilines is 1. The average molecular weight is 281 g/mol. The van der Waals surface area contributed by atoms with E-state index >= 15 is 0 Å². The minimum Gasteiger partial charge on any atom is -0.311 e. The van der Waals surface area contributed by atoms with Crippen molar-refractivity contribution >= 4 is 22.4 Å². The van der Waals surface area contributed by atoms with Crippen molar-refractivity contribution in [3.63, 3.8) is 0 Å². The first kappa shape index (κ1) is 14.5. The first-order chi connectivity index (χ1) is 8.86. The monoisotopic (exact) mass is 281 g/mol. The van der Waals surface area contributed by atoms with E-state index in [2.05, 4.69) is 43.3 Å². The second-order valence-corrected chi connectivity index (χ2v) is 7.42. The highest BCUT2D eigenvalue weighted by Crippen LogP contribution is 2.29. The Morgan fingerprint density at radius 3 is 2.89 bits per heavy atom. The van der Waals surface area contributed by atoms with E-state index in [0.717, 1.165) is 30.3 Å². The molecule has 2 N–H and O–H groups in total. The fraction of sp³-hybridized carbons (Fsp3) is 0.714. The molecular formula is C14H23N3OS. The topological polar surface area (TPSA) is 54.0 Å². The molecule has 0 aliphatic carbocycles. The predicted octanol–water partition coefficient (Wildman–Crippen LogP) is 2.80. The molecule has 106 valence electrons. The molecule has 19 heavy (non-hydrogen) atoms. The summed E-state index contributed by atoms with van der Waals surface area (Å²) in [6.07, 6.45) is 1.51. The molecule has 0 saturated carbocycles. The molecule has 1 atom stereocenters. The lowest BCUT2D eigenvalue weighted by atomic mass is 9.80. The van der Waals surface area contributed by atoms with Crippen molar-refractivity contribution in [1.82, 2.24) is 10.3 Å². The summed E-state index contributed by atoms with van der Waals surface area (Å²) in [5, 5.41) is 7.01. The van der Waals surface area contributed by atoms with Crippen molar-refractivity contribution in [1.29, 1.82) is 0 Å². The Balaban J connectivity index is 1.94. The van der Waals surface area contributed by atoms with Crippen LogP contribution in [0.1, 0.15) is 44.7 Å². The lowest BCUT2D eigenvalue weighted by Crippen LogP contribution is -2.24. The third-order valence-electron chi connectivity index (χ3n) is 3.82. The summed E-state index contributed by atoms with van der Waals surface area (Å²) < 4.78 is 0. The molecular weight excluding hydrogens is 258 g/mol. The van der Waals surface area contributed by atoms with Gasteiger partial charge in [-0.1, -0.05) is 27.7 Å². The molecule has 0 aromatic carbocycles. The van der Waals surface area contributed by atoms with Crippen LogP contribution in [0.5, 0.6) is 0 Å². The number of amides is 1. The number of carbonyl (C=O) groups is 1. The van der Waals surface area contributed by atoms with Crippen LogP contribution in [0.25, 0.3) is 0 Å². The highest BCUT2D eigenvalue weighted by Gasteiger charge is 2.23. The lowest BCUT2D eigenvalue weighted by molar-refractivity contribution is -0.117. The third-order valence-corrected chi connectivity index (χ3v) is 4.83. The average Bonchev–Trinajstić information content (AvgIpc) is 2.69. The molecule has 1 aliphatic rings. The van der Waals surface area contributed by atoms with Gasteiger partial charge >= 0.3 is 0 Å². The summed E-state index contributed by atoms with van der Waals surface area (Å²) in [5.74, 6) is 0.422. The molecule has 1 aromatic heterocycles. The number of thiazole rings is 1. The quantitative estimate of drug-likeness (QED) is 0.895. The van der Waals surface area contributed by atoms with Gasteiger partial charge in [0.25, 0.3) is 0 Å². The molecule has 1 amide bonds. The first-order valence-electron chi connectivity index (χ1n) is 6.85. The summed E-state index contributed by atoms with van der Waals surface area (Å²) in [6.45, 7) is 10.5. The Morgan fingerprint density at radius 2 is 2.26 bits per heavy atom. The largest absolute Gasteiger partial charge is 0.311 e. The SMILES string of the molecule is CC(CC(=O)Nc1nc2c(s1)CNCC2)C(C)(C)C. The number of carbonyl (C=O) groups excluding carboxylic acids is 1. The zero-order chi connectivity index (χ0) is 14.0. The van der Waals surface area contributed by atoms with Gasteiger partial charge in [0.1, 0.15) is 0 Å². The van der Waals surface area contributed by atoms with Crippen LogP contribution in [0.3, 0.4) is 0 Å². The van der Waals surface area contributed by atoms with Gasteiger partial charge in [0.15, 0.2) is 5.13 Å². The molecule has 0 radical (unpaired) electrons. The van der Waals surface area contributed by atoms with Crippen LogP contribution in [0.4, 0.5) is 5.13 Å². The van der Waals surface area contributed by atoms with Gasteiger partial charge in [-0.05, 0) is 11.3 Å². The van der Waals surface area contributed by atoms with Crippen molar-refractivity contribution in [3.05, 3.63) is 10.6 Å². The third kappa shape index (κ3) is 3.76. The summed E-state index contributed by atoms with van der Waals surface area (Å²) in [6, 6.07) is 0. The molecule has 0 fully saturated rings. The number of hydrogen-bond donors (Lipinski definition) is 2. The number of nitrogens with zero attached hydrogens (tertiary/aromatic N) is 1. The van der Waals surface area contributed by atoms with Crippen molar-refractivity contribution in [2.45, 2.75) is 47.1 Å². The number of hydrogen-bond acceptors (Lipinski definition) is 4. The normalized spacial score (nSPS) is 16.8. The summed E-state index contributed by atoms with van der Waals surface area (Å²) in [4.78, 5) is 17.8. The fourth-order valence-corrected chi connectivity index (χ4v) is 2.93. The van der Waals surface area contributed by atoms with E-state index in [1.807, 2.05) is 0 Å². The molecule has 0 bridgehead atoms. The number of aromatic nitrogens is 1. The molecule has 0 spiro atoms. The van der Waals surface area contributed by atoms with Gasteiger partial charge in [-0.25, -0.2) is 4.98 Å². The van der Waals surface area contributed by atoms with E-state index < -0.39 is 0 Å². The standard InChI is InChI=1S/C14H23N3OS/c1-9(14(2,3)4)7-12(18)17-13-16-10-5-6-15-8-11(10)19-13/h9,15H,5-8H2,1-4H3,(H,16,17,18). The van der Waals surface area contributed by atoms with Crippen LogP contribution in [0.2, 0.25) is 0 Å². The van der Waals surface area contributed by atoms with Crippen molar-refractivity contribution in [2.24, 2.45) is 11.3 Å².